The highest BCUT2D eigenvalue weighted by Gasteiger charge is 2.32. The topological polar surface area (TPSA) is 66.6 Å². The summed E-state index contributed by atoms with van der Waals surface area (Å²) in [4.78, 5) is 27.4. The van der Waals surface area contributed by atoms with Gasteiger partial charge < -0.3 is 9.80 Å². The number of amides is 1. The maximum atomic E-state index is 13.5. The number of likely N-dealkylation sites (tertiary alicyclic amines) is 1. The van der Waals surface area contributed by atoms with Gasteiger partial charge in [0.15, 0.2) is 5.65 Å². The van der Waals surface area contributed by atoms with Gasteiger partial charge in [-0.25, -0.2) is 14.5 Å². The summed E-state index contributed by atoms with van der Waals surface area (Å²) in [7, 11) is 0. The monoisotopic (exact) mass is 446 g/mol. The standard InChI is InChI=1S/C26H34N6O/c1-5-20-9-11-30(16-20)25-18(3)15-32-24(28-25)14-21(29-32)23-8-6-7-10-31(23)26(33)22-13-17(2)12-19(4)27-22/h12-15,20,23H,5-11,16H2,1-4H3/t20-,23-/m0/s1. The van der Waals surface area contributed by atoms with Gasteiger partial charge in [-0.1, -0.05) is 13.3 Å². The number of anilines is 1. The van der Waals surface area contributed by atoms with Crippen molar-refractivity contribution < 1.29 is 4.79 Å². The quantitative estimate of drug-likeness (QED) is 0.583. The third-order valence-electron chi connectivity index (χ3n) is 7.21. The highest BCUT2D eigenvalue weighted by atomic mass is 16.2. The predicted molar refractivity (Wildman–Crippen MR) is 130 cm³/mol. The molecular formula is C26H34N6O. The molecule has 174 valence electrons. The Morgan fingerprint density at radius 3 is 2.67 bits per heavy atom. The Morgan fingerprint density at radius 2 is 1.91 bits per heavy atom. The zero-order valence-electron chi connectivity index (χ0n) is 20.2. The van der Waals surface area contributed by atoms with E-state index in [9.17, 15) is 4.79 Å². The van der Waals surface area contributed by atoms with Crippen LogP contribution in [0, 0.1) is 26.7 Å². The van der Waals surface area contributed by atoms with E-state index in [1.807, 2.05) is 35.4 Å². The van der Waals surface area contributed by atoms with E-state index in [1.165, 1.54) is 12.8 Å². The first-order valence-electron chi connectivity index (χ1n) is 12.3. The molecule has 0 bridgehead atoms. The first kappa shape index (κ1) is 21.9. The van der Waals surface area contributed by atoms with Crippen LogP contribution in [0.2, 0.25) is 0 Å². The molecule has 1 amide bonds. The molecule has 3 aromatic rings. The summed E-state index contributed by atoms with van der Waals surface area (Å²) >= 11 is 0. The highest BCUT2D eigenvalue weighted by molar-refractivity contribution is 5.93. The molecule has 0 saturated carbocycles. The van der Waals surface area contributed by atoms with E-state index in [0.29, 0.717) is 5.69 Å². The molecule has 0 spiro atoms. The Balaban J connectivity index is 1.46. The van der Waals surface area contributed by atoms with Gasteiger partial charge in [-0.3, -0.25) is 4.79 Å². The molecule has 5 rings (SSSR count). The maximum Gasteiger partial charge on any atom is 0.273 e. The first-order chi connectivity index (χ1) is 15.9. The molecule has 2 aliphatic rings. The van der Waals surface area contributed by atoms with Crippen LogP contribution in [0.15, 0.2) is 24.4 Å². The number of hydrogen-bond donors (Lipinski definition) is 0. The van der Waals surface area contributed by atoms with E-state index in [-0.39, 0.29) is 11.9 Å². The lowest BCUT2D eigenvalue weighted by Crippen LogP contribution is -2.39. The van der Waals surface area contributed by atoms with Crippen molar-refractivity contribution in [3.8, 4) is 0 Å². The summed E-state index contributed by atoms with van der Waals surface area (Å²) in [6.07, 6.45) is 7.55. The Kier molecular flexibility index (Phi) is 5.81. The number of hydrogen-bond acceptors (Lipinski definition) is 5. The fourth-order valence-corrected chi connectivity index (χ4v) is 5.44. The Morgan fingerprint density at radius 1 is 1.06 bits per heavy atom. The molecule has 2 fully saturated rings. The van der Waals surface area contributed by atoms with Crippen molar-refractivity contribution in [2.24, 2.45) is 5.92 Å². The number of carbonyl (C=O) groups excluding carboxylic acids is 1. The number of piperidine rings is 1. The molecule has 5 heterocycles. The number of pyridine rings is 1. The SMILES string of the molecule is CC[C@H]1CCN(c2nc3cc([C@@H]4CCCCN4C(=O)c4cc(C)cc(C)n4)nn3cc2C)C1. The van der Waals surface area contributed by atoms with Gasteiger partial charge in [-0.2, -0.15) is 5.10 Å². The minimum atomic E-state index is -0.0458. The summed E-state index contributed by atoms with van der Waals surface area (Å²) in [5.74, 6) is 1.82. The average molecular weight is 447 g/mol. The van der Waals surface area contributed by atoms with Gasteiger partial charge in [0, 0.05) is 43.2 Å². The van der Waals surface area contributed by atoms with Crippen LogP contribution in [0.4, 0.5) is 5.82 Å². The summed E-state index contributed by atoms with van der Waals surface area (Å²) < 4.78 is 1.88. The van der Waals surface area contributed by atoms with Crippen molar-refractivity contribution in [3.63, 3.8) is 0 Å². The molecule has 3 aromatic heterocycles. The lowest BCUT2D eigenvalue weighted by molar-refractivity contribution is 0.0599. The predicted octanol–water partition coefficient (Wildman–Crippen LogP) is 4.65. The van der Waals surface area contributed by atoms with E-state index in [4.69, 9.17) is 10.1 Å². The molecule has 0 aliphatic carbocycles. The summed E-state index contributed by atoms with van der Waals surface area (Å²) in [6.45, 7) is 11.2. The highest BCUT2D eigenvalue weighted by Crippen LogP contribution is 2.33. The molecule has 33 heavy (non-hydrogen) atoms. The summed E-state index contributed by atoms with van der Waals surface area (Å²) in [5, 5.41) is 4.88. The van der Waals surface area contributed by atoms with E-state index >= 15 is 0 Å². The van der Waals surface area contributed by atoms with Crippen molar-refractivity contribution in [1.82, 2.24) is 24.5 Å². The number of aromatic nitrogens is 4. The Hall–Kier alpha value is -2.96. The molecule has 0 aromatic carbocycles. The average Bonchev–Trinajstić information content (AvgIpc) is 3.44. The van der Waals surface area contributed by atoms with Gasteiger partial charge in [0.05, 0.1) is 11.7 Å². The Bertz CT molecular complexity index is 1160. The van der Waals surface area contributed by atoms with Crippen molar-refractivity contribution >= 4 is 17.4 Å². The molecule has 0 radical (unpaired) electrons. The minimum absolute atomic E-state index is 0.00365. The maximum absolute atomic E-state index is 13.5. The first-order valence-corrected chi connectivity index (χ1v) is 12.3. The molecule has 2 atom stereocenters. The van der Waals surface area contributed by atoms with Crippen LogP contribution in [-0.4, -0.2) is 50.0 Å². The van der Waals surface area contributed by atoms with Gasteiger partial charge >= 0.3 is 0 Å². The number of carbonyl (C=O) groups is 1. The summed E-state index contributed by atoms with van der Waals surface area (Å²) in [6, 6.07) is 5.92. The van der Waals surface area contributed by atoms with E-state index in [1.54, 1.807) is 0 Å². The summed E-state index contributed by atoms with van der Waals surface area (Å²) in [5.41, 5.74) is 5.38. The van der Waals surface area contributed by atoms with Crippen LogP contribution in [0.1, 0.15) is 78.1 Å². The lowest BCUT2D eigenvalue weighted by atomic mass is 9.98. The van der Waals surface area contributed by atoms with Crippen molar-refractivity contribution in [1.29, 1.82) is 0 Å². The third-order valence-corrected chi connectivity index (χ3v) is 7.21. The smallest absolute Gasteiger partial charge is 0.273 e. The van der Waals surface area contributed by atoms with Gasteiger partial charge in [-0.15, -0.1) is 0 Å². The second kappa shape index (κ2) is 8.76. The van der Waals surface area contributed by atoms with Crippen LogP contribution in [0.5, 0.6) is 0 Å². The zero-order chi connectivity index (χ0) is 23.1. The van der Waals surface area contributed by atoms with Crippen LogP contribution in [-0.2, 0) is 0 Å². The zero-order valence-corrected chi connectivity index (χ0v) is 20.2. The molecule has 7 heteroatoms. The van der Waals surface area contributed by atoms with E-state index < -0.39 is 0 Å². The molecule has 0 N–H and O–H groups in total. The number of aryl methyl sites for hydroxylation is 3. The number of fused-ring (bicyclic) bond motifs is 1. The van der Waals surface area contributed by atoms with E-state index in [0.717, 1.165) is 78.8 Å². The molecule has 7 nitrogen and oxygen atoms in total. The Labute approximate surface area is 195 Å². The molecular weight excluding hydrogens is 412 g/mol. The molecule has 0 unspecified atom stereocenters. The lowest BCUT2D eigenvalue weighted by Gasteiger charge is -2.34. The van der Waals surface area contributed by atoms with Gasteiger partial charge in [0.2, 0.25) is 0 Å². The van der Waals surface area contributed by atoms with Crippen molar-refractivity contribution in [2.45, 2.75) is 65.8 Å². The molecule has 2 aliphatic heterocycles. The number of rotatable bonds is 4. The van der Waals surface area contributed by atoms with Crippen molar-refractivity contribution in [2.75, 3.05) is 24.5 Å². The fourth-order valence-electron chi connectivity index (χ4n) is 5.44. The van der Waals surface area contributed by atoms with Crippen LogP contribution >= 0.6 is 0 Å². The second-order valence-corrected chi connectivity index (χ2v) is 9.81. The number of nitrogens with zero attached hydrogens (tertiary/aromatic N) is 6. The van der Waals surface area contributed by atoms with Gasteiger partial charge in [0.1, 0.15) is 11.5 Å². The van der Waals surface area contributed by atoms with Gasteiger partial charge in [0.25, 0.3) is 5.91 Å². The van der Waals surface area contributed by atoms with Crippen LogP contribution in [0.3, 0.4) is 0 Å². The third kappa shape index (κ3) is 4.21. The molecule has 2 saturated heterocycles. The van der Waals surface area contributed by atoms with E-state index in [2.05, 4.69) is 36.0 Å². The fraction of sp³-hybridized carbons (Fsp3) is 0.538. The van der Waals surface area contributed by atoms with Crippen LogP contribution < -0.4 is 4.90 Å². The van der Waals surface area contributed by atoms with Gasteiger partial charge in [-0.05, 0) is 70.1 Å². The minimum Gasteiger partial charge on any atom is -0.356 e. The van der Waals surface area contributed by atoms with Crippen LogP contribution in [0.25, 0.3) is 5.65 Å². The second-order valence-electron chi connectivity index (χ2n) is 9.81. The van der Waals surface area contributed by atoms with Crippen molar-refractivity contribution in [3.05, 3.63) is 52.6 Å². The normalized spacial score (nSPS) is 21.2. The largest absolute Gasteiger partial charge is 0.356 e.